The lowest BCUT2D eigenvalue weighted by molar-refractivity contribution is 0.262. The zero-order valence-electron chi connectivity index (χ0n) is 9.41. The van der Waals surface area contributed by atoms with Crippen molar-refractivity contribution in [1.82, 2.24) is 9.80 Å². The van der Waals surface area contributed by atoms with Crippen LogP contribution in [-0.2, 0) is 0 Å². The van der Waals surface area contributed by atoms with Crippen molar-refractivity contribution in [2.45, 2.75) is 39.8 Å². The fourth-order valence-corrected chi connectivity index (χ4v) is 1.86. The molecule has 0 saturated carbocycles. The molecular weight excluding hydrogens is 162 g/mol. The topological polar surface area (TPSA) is 18.8 Å². The van der Waals surface area contributed by atoms with Gasteiger partial charge in [-0.05, 0) is 27.7 Å². The van der Waals surface area contributed by atoms with Crippen molar-refractivity contribution < 1.29 is 0 Å². The van der Waals surface area contributed by atoms with Crippen LogP contribution >= 0.6 is 0 Å². The smallest absolute Gasteiger partial charge is 0.196 e. The molecular formula is C10H21N3. The Morgan fingerprint density at radius 2 is 1.77 bits per heavy atom. The minimum atomic E-state index is 0.527. The van der Waals surface area contributed by atoms with Gasteiger partial charge in [0.25, 0.3) is 0 Å². The number of likely N-dealkylation sites (N-methyl/N-ethyl adjacent to an activating group) is 1. The molecule has 0 atom stereocenters. The van der Waals surface area contributed by atoms with Gasteiger partial charge in [0.1, 0.15) is 0 Å². The number of guanidine groups is 1. The molecule has 0 N–H and O–H groups in total. The van der Waals surface area contributed by atoms with E-state index in [2.05, 4.69) is 49.5 Å². The summed E-state index contributed by atoms with van der Waals surface area (Å²) < 4.78 is 0. The number of aliphatic imine (C=N–C) groups is 1. The summed E-state index contributed by atoms with van der Waals surface area (Å²) in [5, 5.41) is 0. The van der Waals surface area contributed by atoms with Crippen molar-refractivity contribution in [2.24, 2.45) is 4.99 Å². The molecule has 1 rings (SSSR count). The van der Waals surface area contributed by atoms with Gasteiger partial charge < -0.3 is 9.80 Å². The van der Waals surface area contributed by atoms with E-state index in [9.17, 15) is 0 Å². The molecule has 13 heavy (non-hydrogen) atoms. The van der Waals surface area contributed by atoms with Crippen LogP contribution in [-0.4, -0.2) is 48.0 Å². The summed E-state index contributed by atoms with van der Waals surface area (Å²) in [6, 6.07) is 1.05. The van der Waals surface area contributed by atoms with E-state index >= 15 is 0 Å². The molecule has 0 spiro atoms. The van der Waals surface area contributed by atoms with Crippen molar-refractivity contribution in [3.05, 3.63) is 0 Å². The maximum Gasteiger partial charge on any atom is 0.196 e. The Kier molecular flexibility index (Phi) is 3.17. The Morgan fingerprint density at radius 3 is 2.08 bits per heavy atom. The van der Waals surface area contributed by atoms with E-state index in [1.165, 1.54) is 0 Å². The van der Waals surface area contributed by atoms with Crippen LogP contribution in [0.3, 0.4) is 0 Å². The lowest BCUT2D eigenvalue weighted by Gasteiger charge is -2.35. The van der Waals surface area contributed by atoms with Crippen molar-refractivity contribution in [1.29, 1.82) is 0 Å². The fraction of sp³-hybridized carbons (Fsp3) is 0.900. The Labute approximate surface area is 81.4 Å². The predicted molar refractivity (Wildman–Crippen MR) is 57.0 cm³/mol. The van der Waals surface area contributed by atoms with Crippen molar-refractivity contribution >= 4 is 5.96 Å². The molecule has 0 saturated heterocycles. The molecule has 3 heteroatoms. The molecule has 1 heterocycles. The Morgan fingerprint density at radius 1 is 1.23 bits per heavy atom. The van der Waals surface area contributed by atoms with Gasteiger partial charge in [0.15, 0.2) is 5.96 Å². The molecule has 0 amide bonds. The molecule has 0 aliphatic carbocycles. The van der Waals surface area contributed by atoms with Crippen LogP contribution in [0.15, 0.2) is 4.99 Å². The van der Waals surface area contributed by atoms with E-state index in [0.717, 1.165) is 19.0 Å². The SMILES string of the molecule is CC(C)N(C1=NCCN1C)C(C)C. The monoisotopic (exact) mass is 183 g/mol. The van der Waals surface area contributed by atoms with E-state index in [4.69, 9.17) is 0 Å². The summed E-state index contributed by atoms with van der Waals surface area (Å²) >= 11 is 0. The number of nitrogens with zero attached hydrogens (tertiary/aromatic N) is 3. The first-order valence-electron chi connectivity index (χ1n) is 5.08. The van der Waals surface area contributed by atoms with Crippen LogP contribution in [0.1, 0.15) is 27.7 Å². The molecule has 1 aliphatic heterocycles. The number of hydrogen-bond acceptors (Lipinski definition) is 3. The molecule has 0 bridgehead atoms. The molecule has 0 unspecified atom stereocenters. The van der Waals surface area contributed by atoms with Gasteiger partial charge in [0, 0.05) is 25.7 Å². The van der Waals surface area contributed by atoms with Gasteiger partial charge in [-0.2, -0.15) is 0 Å². The summed E-state index contributed by atoms with van der Waals surface area (Å²) in [6.45, 7) is 10.9. The van der Waals surface area contributed by atoms with Gasteiger partial charge >= 0.3 is 0 Å². The molecule has 76 valence electrons. The van der Waals surface area contributed by atoms with Gasteiger partial charge in [0.2, 0.25) is 0 Å². The van der Waals surface area contributed by atoms with Crippen LogP contribution in [0.25, 0.3) is 0 Å². The molecule has 1 aliphatic rings. The van der Waals surface area contributed by atoms with Gasteiger partial charge in [-0.25, -0.2) is 0 Å². The fourth-order valence-electron chi connectivity index (χ4n) is 1.86. The van der Waals surface area contributed by atoms with E-state index in [0.29, 0.717) is 12.1 Å². The highest BCUT2D eigenvalue weighted by Gasteiger charge is 2.23. The predicted octanol–water partition coefficient (Wildman–Crippen LogP) is 1.41. The van der Waals surface area contributed by atoms with Crippen LogP contribution in [0.2, 0.25) is 0 Å². The molecule has 3 nitrogen and oxygen atoms in total. The van der Waals surface area contributed by atoms with Crippen molar-refractivity contribution in [3.63, 3.8) is 0 Å². The summed E-state index contributed by atoms with van der Waals surface area (Å²) in [4.78, 5) is 9.13. The van der Waals surface area contributed by atoms with E-state index in [1.807, 2.05) is 0 Å². The summed E-state index contributed by atoms with van der Waals surface area (Å²) in [5.41, 5.74) is 0. The maximum atomic E-state index is 4.53. The highest BCUT2D eigenvalue weighted by atomic mass is 15.4. The first-order valence-corrected chi connectivity index (χ1v) is 5.08. The zero-order chi connectivity index (χ0) is 10.0. The second kappa shape index (κ2) is 3.99. The second-order valence-electron chi connectivity index (χ2n) is 4.20. The highest BCUT2D eigenvalue weighted by Crippen LogP contribution is 2.11. The Balaban J connectivity index is 2.75. The third-order valence-electron chi connectivity index (χ3n) is 2.37. The molecule has 0 aromatic carbocycles. The van der Waals surface area contributed by atoms with Crippen LogP contribution in [0.4, 0.5) is 0 Å². The lowest BCUT2D eigenvalue weighted by atomic mass is 10.2. The number of rotatable bonds is 2. The minimum Gasteiger partial charge on any atom is -0.344 e. The van der Waals surface area contributed by atoms with Gasteiger partial charge in [0.05, 0.1) is 6.54 Å². The lowest BCUT2D eigenvalue weighted by Crippen LogP contribution is -2.47. The van der Waals surface area contributed by atoms with E-state index < -0.39 is 0 Å². The summed E-state index contributed by atoms with van der Waals surface area (Å²) in [7, 11) is 2.11. The normalized spacial score (nSPS) is 17.2. The Hall–Kier alpha value is -0.730. The van der Waals surface area contributed by atoms with E-state index in [-0.39, 0.29) is 0 Å². The Bertz CT molecular complexity index is 188. The molecule has 0 aromatic rings. The molecule has 0 fully saturated rings. The third kappa shape index (κ3) is 2.14. The number of hydrogen-bond donors (Lipinski definition) is 0. The third-order valence-corrected chi connectivity index (χ3v) is 2.37. The molecule has 0 radical (unpaired) electrons. The zero-order valence-corrected chi connectivity index (χ0v) is 9.41. The minimum absolute atomic E-state index is 0.527. The van der Waals surface area contributed by atoms with Crippen molar-refractivity contribution in [3.8, 4) is 0 Å². The average molecular weight is 183 g/mol. The largest absolute Gasteiger partial charge is 0.344 e. The van der Waals surface area contributed by atoms with Gasteiger partial charge in [-0.3, -0.25) is 4.99 Å². The van der Waals surface area contributed by atoms with Crippen LogP contribution < -0.4 is 0 Å². The van der Waals surface area contributed by atoms with E-state index in [1.54, 1.807) is 0 Å². The van der Waals surface area contributed by atoms with Crippen molar-refractivity contribution in [2.75, 3.05) is 20.1 Å². The van der Waals surface area contributed by atoms with Gasteiger partial charge in [-0.1, -0.05) is 0 Å². The molecule has 0 aromatic heterocycles. The standard InChI is InChI=1S/C10H21N3/c1-8(2)13(9(3)4)10-11-6-7-12(10)5/h8-9H,6-7H2,1-5H3. The maximum absolute atomic E-state index is 4.53. The average Bonchev–Trinajstić information content (AvgIpc) is 2.35. The quantitative estimate of drug-likeness (QED) is 0.644. The van der Waals surface area contributed by atoms with Crippen LogP contribution in [0.5, 0.6) is 0 Å². The highest BCUT2D eigenvalue weighted by molar-refractivity contribution is 5.81. The second-order valence-corrected chi connectivity index (χ2v) is 4.20. The summed E-state index contributed by atoms with van der Waals surface area (Å²) in [5.74, 6) is 1.16. The first-order chi connectivity index (χ1) is 6.04. The van der Waals surface area contributed by atoms with Gasteiger partial charge in [-0.15, -0.1) is 0 Å². The summed E-state index contributed by atoms with van der Waals surface area (Å²) in [6.07, 6.45) is 0. The van der Waals surface area contributed by atoms with Crippen LogP contribution in [0, 0.1) is 0 Å². The first kappa shape index (κ1) is 10.4.